The molecule has 7 nitrogen and oxygen atoms in total. The van der Waals surface area contributed by atoms with E-state index in [0.29, 0.717) is 12.6 Å². The molecule has 3 aromatic heterocycles. The fourth-order valence-corrected chi connectivity index (χ4v) is 4.50. The van der Waals surface area contributed by atoms with E-state index in [1.165, 1.54) is 17.7 Å². The molecule has 3 aromatic rings. The number of amides is 1. The van der Waals surface area contributed by atoms with Crippen molar-refractivity contribution in [2.24, 2.45) is 0 Å². The Morgan fingerprint density at radius 3 is 2.94 bits per heavy atom. The molecular formula is C26H35N5O2. The van der Waals surface area contributed by atoms with Crippen LogP contribution >= 0.6 is 0 Å². The predicted molar refractivity (Wildman–Crippen MR) is 129 cm³/mol. The molecule has 1 aliphatic carbocycles. The van der Waals surface area contributed by atoms with Crippen molar-refractivity contribution in [1.29, 1.82) is 0 Å². The lowest BCUT2D eigenvalue weighted by Crippen LogP contribution is -2.34. The number of imidazole rings is 1. The van der Waals surface area contributed by atoms with Gasteiger partial charge in [-0.15, -0.1) is 0 Å². The minimum Gasteiger partial charge on any atom is -0.444 e. The molecule has 0 spiro atoms. The summed E-state index contributed by atoms with van der Waals surface area (Å²) >= 11 is 0. The second-order valence-electron chi connectivity index (χ2n) is 9.76. The van der Waals surface area contributed by atoms with Gasteiger partial charge in [0.1, 0.15) is 11.2 Å². The molecule has 176 valence electrons. The van der Waals surface area contributed by atoms with Gasteiger partial charge in [-0.3, -0.25) is 9.88 Å². The summed E-state index contributed by atoms with van der Waals surface area (Å²) in [4.78, 5) is 24.0. The van der Waals surface area contributed by atoms with Crippen molar-refractivity contribution in [1.82, 2.24) is 24.6 Å². The molecule has 0 aromatic carbocycles. The van der Waals surface area contributed by atoms with Crippen LogP contribution in [0.25, 0.3) is 5.65 Å². The van der Waals surface area contributed by atoms with Crippen molar-refractivity contribution in [2.45, 2.75) is 71.1 Å². The Morgan fingerprint density at radius 2 is 2.12 bits per heavy atom. The van der Waals surface area contributed by atoms with Gasteiger partial charge in [-0.2, -0.15) is 0 Å². The van der Waals surface area contributed by atoms with Crippen LogP contribution in [0.3, 0.4) is 0 Å². The molecule has 0 aliphatic heterocycles. The molecule has 1 N–H and O–H groups in total. The fraction of sp³-hybridized carbons (Fsp3) is 0.500. The highest BCUT2D eigenvalue weighted by Crippen LogP contribution is 2.33. The van der Waals surface area contributed by atoms with E-state index in [-0.39, 0.29) is 6.09 Å². The summed E-state index contributed by atoms with van der Waals surface area (Å²) in [6.45, 7) is 7.93. The topological polar surface area (TPSA) is 71.8 Å². The van der Waals surface area contributed by atoms with Gasteiger partial charge in [-0.25, -0.2) is 9.78 Å². The van der Waals surface area contributed by atoms with Crippen molar-refractivity contribution in [3.63, 3.8) is 0 Å². The van der Waals surface area contributed by atoms with E-state index in [0.717, 1.165) is 50.1 Å². The number of unbranched alkanes of at least 4 members (excludes halogenated alkanes) is 1. The summed E-state index contributed by atoms with van der Waals surface area (Å²) in [6.07, 6.45) is 11.0. The summed E-state index contributed by atoms with van der Waals surface area (Å²) in [5.41, 5.74) is 4.13. The SMILES string of the molecule is CC(C)(C)OC(=O)NCCCCN(Cc1cn2ccccc2n1)C1CCCc2cccnc21. The molecule has 1 atom stereocenters. The first kappa shape index (κ1) is 23.2. The Balaban J connectivity index is 1.41. The van der Waals surface area contributed by atoms with Crippen LogP contribution in [0, 0.1) is 0 Å². The number of carbonyl (C=O) groups is 1. The number of aryl methyl sites for hydroxylation is 1. The van der Waals surface area contributed by atoms with Crippen molar-refractivity contribution in [2.75, 3.05) is 13.1 Å². The van der Waals surface area contributed by atoms with Gasteiger partial charge in [0.2, 0.25) is 0 Å². The van der Waals surface area contributed by atoms with Gasteiger partial charge < -0.3 is 14.5 Å². The van der Waals surface area contributed by atoms with Gasteiger partial charge in [0, 0.05) is 31.7 Å². The third kappa shape index (κ3) is 6.32. The third-order valence-corrected chi connectivity index (χ3v) is 5.93. The normalized spacial score (nSPS) is 16.1. The highest BCUT2D eigenvalue weighted by atomic mass is 16.6. The first-order chi connectivity index (χ1) is 15.9. The maximum atomic E-state index is 11.9. The lowest BCUT2D eigenvalue weighted by atomic mass is 9.90. The Bertz CT molecular complexity index is 1040. The Morgan fingerprint density at radius 1 is 1.24 bits per heavy atom. The zero-order chi connectivity index (χ0) is 23.3. The third-order valence-electron chi connectivity index (χ3n) is 5.93. The molecule has 1 unspecified atom stereocenters. The van der Waals surface area contributed by atoms with Crippen molar-refractivity contribution < 1.29 is 9.53 Å². The Kier molecular flexibility index (Phi) is 7.28. The largest absolute Gasteiger partial charge is 0.444 e. The van der Waals surface area contributed by atoms with Crippen LogP contribution in [0.1, 0.15) is 69.4 Å². The highest BCUT2D eigenvalue weighted by Gasteiger charge is 2.27. The number of aromatic nitrogens is 3. The minimum absolute atomic E-state index is 0.290. The van der Waals surface area contributed by atoms with E-state index in [9.17, 15) is 4.79 Å². The van der Waals surface area contributed by atoms with Crippen molar-refractivity contribution in [3.05, 3.63) is 65.9 Å². The number of ether oxygens (including phenoxy) is 1. The van der Waals surface area contributed by atoms with Crippen LogP contribution in [-0.2, 0) is 17.7 Å². The fourth-order valence-electron chi connectivity index (χ4n) is 4.50. The number of rotatable bonds is 8. The molecule has 33 heavy (non-hydrogen) atoms. The average molecular weight is 450 g/mol. The van der Waals surface area contributed by atoms with Gasteiger partial charge in [0.25, 0.3) is 0 Å². The average Bonchev–Trinajstić information content (AvgIpc) is 3.19. The van der Waals surface area contributed by atoms with Crippen LogP contribution in [0.5, 0.6) is 0 Å². The van der Waals surface area contributed by atoms with Crippen molar-refractivity contribution >= 4 is 11.7 Å². The van der Waals surface area contributed by atoms with E-state index in [2.05, 4.69) is 26.9 Å². The first-order valence-corrected chi connectivity index (χ1v) is 12.0. The van der Waals surface area contributed by atoms with Gasteiger partial charge in [-0.05, 0) is 83.2 Å². The van der Waals surface area contributed by atoms with E-state index in [1.807, 2.05) is 57.4 Å². The number of hydrogen-bond acceptors (Lipinski definition) is 5. The monoisotopic (exact) mass is 449 g/mol. The summed E-state index contributed by atoms with van der Waals surface area (Å²) in [7, 11) is 0. The van der Waals surface area contributed by atoms with Crippen molar-refractivity contribution in [3.8, 4) is 0 Å². The molecule has 1 amide bonds. The summed E-state index contributed by atoms with van der Waals surface area (Å²) in [5.74, 6) is 0. The lowest BCUT2D eigenvalue weighted by molar-refractivity contribution is 0.0526. The van der Waals surface area contributed by atoms with Gasteiger partial charge in [-0.1, -0.05) is 12.1 Å². The van der Waals surface area contributed by atoms with E-state index >= 15 is 0 Å². The molecule has 0 radical (unpaired) electrons. The number of pyridine rings is 2. The molecule has 4 rings (SSSR count). The summed E-state index contributed by atoms with van der Waals surface area (Å²) in [6, 6.07) is 10.6. The molecule has 0 saturated heterocycles. The molecule has 7 heteroatoms. The summed E-state index contributed by atoms with van der Waals surface area (Å²) in [5, 5.41) is 2.87. The smallest absolute Gasteiger partial charge is 0.407 e. The van der Waals surface area contributed by atoms with Crippen LogP contribution < -0.4 is 5.32 Å². The number of alkyl carbamates (subject to hydrolysis) is 1. The van der Waals surface area contributed by atoms with E-state index in [1.54, 1.807) is 0 Å². The second-order valence-corrected chi connectivity index (χ2v) is 9.76. The predicted octanol–water partition coefficient (Wildman–Crippen LogP) is 4.91. The van der Waals surface area contributed by atoms with Crippen LogP contribution in [0.2, 0.25) is 0 Å². The standard InChI is InChI=1S/C26H35N5O2/c1-26(2,3)33-25(32)28-14-5-7-16-30(18-21-19-31-17-6-4-13-23(31)29-21)22-12-8-10-20-11-9-15-27-24(20)22/h4,6,9,11,13,15,17,19,22H,5,7-8,10,12,14,16,18H2,1-3H3,(H,28,32). The number of nitrogens with one attached hydrogen (secondary N) is 1. The summed E-state index contributed by atoms with van der Waals surface area (Å²) < 4.78 is 7.40. The number of nitrogens with zero attached hydrogens (tertiary/aromatic N) is 4. The lowest BCUT2D eigenvalue weighted by Gasteiger charge is -2.34. The van der Waals surface area contributed by atoms with E-state index < -0.39 is 5.60 Å². The number of carbonyl (C=O) groups excluding carboxylic acids is 1. The molecule has 3 heterocycles. The molecule has 0 saturated carbocycles. The number of hydrogen-bond donors (Lipinski definition) is 1. The maximum absolute atomic E-state index is 11.9. The Hall–Kier alpha value is -2.93. The minimum atomic E-state index is -0.476. The molecular weight excluding hydrogens is 414 g/mol. The van der Waals surface area contributed by atoms with Crippen LogP contribution in [-0.4, -0.2) is 44.1 Å². The zero-order valence-corrected chi connectivity index (χ0v) is 20.0. The quantitative estimate of drug-likeness (QED) is 0.495. The zero-order valence-electron chi connectivity index (χ0n) is 20.0. The van der Waals surface area contributed by atoms with Gasteiger partial charge in [0.05, 0.1) is 17.4 Å². The number of fused-ring (bicyclic) bond motifs is 2. The second kappa shape index (κ2) is 10.3. The molecule has 0 fully saturated rings. The Labute approximate surface area is 196 Å². The molecule has 1 aliphatic rings. The molecule has 0 bridgehead atoms. The van der Waals surface area contributed by atoms with E-state index in [4.69, 9.17) is 14.7 Å². The van der Waals surface area contributed by atoms with Crippen LogP contribution in [0.15, 0.2) is 48.9 Å². The maximum Gasteiger partial charge on any atom is 0.407 e. The van der Waals surface area contributed by atoms with Crippen LogP contribution in [0.4, 0.5) is 4.79 Å². The first-order valence-electron chi connectivity index (χ1n) is 12.0. The highest BCUT2D eigenvalue weighted by molar-refractivity contribution is 5.67. The van der Waals surface area contributed by atoms with Gasteiger partial charge in [0.15, 0.2) is 0 Å². The van der Waals surface area contributed by atoms with Gasteiger partial charge >= 0.3 is 6.09 Å².